The van der Waals surface area contributed by atoms with E-state index >= 15 is 0 Å². The molecule has 0 aromatic heterocycles. The second-order valence-corrected chi connectivity index (χ2v) is 9.83. The Hall–Kier alpha value is -0.500. The summed E-state index contributed by atoms with van der Waals surface area (Å²) in [6.45, 7) is 4.97. The monoisotopic (exact) mass is 317 g/mol. The summed E-state index contributed by atoms with van der Waals surface area (Å²) in [6.07, 6.45) is 12.9. The standard InChI is InChI=1S/C21H35NO/c1-20-11-9-15(22(3)4)13-14(20)5-6-16-17-7-8-19(23)21(17,2)12-10-18(16)20/h8,14-18,23H,5-7,9-13H2,1-4H3/t14-,15-,16-,17-,18-,20-,21-/m0/s1. The number of fused-ring (bicyclic) bond motifs is 5. The summed E-state index contributed by atoms with van der Waals surface area (Å²) >= 11 is 0. The number of nitrogens with zero attached hydrogens (tertiary/aromatic N) is 1. The van der Waals surface area contributed by atoms with Gasteiger partial charge in [0.05, 0.1) is 5.76 Å². The molecule has 0 bridgehead atoms. The van der Waals surface area contributed by atoms with Crippen LogP contribution in [0, 0.1) is 34.5 Å². The Morgan fingerprint density at radius 2 is 1.83 bits per heavy atom. The maximum Gasteiger partial charge on any atom is 0.0944 e. The van der Waals surface area contributed by atoms with Gasteiger partial charge in [-0.15, -0.1) is 0 Å². The summed E-state index contributed by atoms with van der Waals surface area (Å²) in [5.41, 5.74) is 0.667. The molecule has 2 nitrogen and oxygen atoms in total. The molecule has 2 heteroatoms. The second-order valence-electron chi connectivity index (χ2n) is 9.83. The molecule has 0 heterocycles. The predicted octanol–water partition coefficient (Wildman–Crippen LogP) is 5.01. The van der Waals surface area contributed by atoms with Crippen LogP contribution in [0.1, 0.15) is 65.2 Å². The third-order valence-corrected chi connectivity index (χ3v) is 8.91. The van der Waals surface area contributed by atoms with Crippen LogP contribution in [0.2, 0.25) is 0 Å². The summed E-state index contributed by atoms with van der Waals surface area (Å²) in [6, 6.07) is 0.802. The highest BCUT2D eigenvalue weighted by atomic mass is 16.3. The molecule has 0 radical (unpaired) electrons. The number of allylic oxidation sites excluding steroid dienone is 2. The molecule has 0 aromatic rings. The molecule has 3 saturated carbocycles. The summed E-state index contributed by atoms with van der Waals surface area (Å²) in [5, 5.41) is 10.4. The van der Waals surface area contributed by atoms with E-state index in [1.54, 1.807) is 0 Å². The van der Waals surface area contributed by atoms with Gasteiger partial charge in [0.25, 0.3) is 0 Å². The average Bonchev–Trinajstić information content (AvgIpc) is 2.82. The zero-order valence-corrected chi connectivity index (χ0v) is 15.5. The lowest BCUT2D eigenvalue weighted by molar-refractivity contribution is -0.113. The summed E-state index contributed by atoms with van der Waals surface area (Å²) in [7, 11) is 4.52. The molecular formula is C21H35NO. The Kier molecular flexibility index (Phi) is 3.65. The van der Waals surface area contributed by atoms with E-state index in [0.717, 1.165) is 30.2 Å². The molecule has 130 valence electrons. The Balaban J connectivity index is 1.58. The zero-order valence-electron chi connectivity index (χ0n) is 15.5. The van der Waals surface area contributed by atoms with Crippen LogP contribution in [0.15, 0.2) is 11.8 Å². The van der Waals surface area contributed by atoms with Crippen molar-refractivity contribution in [1.29, 1.82) is 0 Å². The van der Waals surface area contributed by atoms with Crippen molar-refractivity contribution in [2.45, 2.75) is 71.3 Å². The highest BCUT2D eigenvalue weighted by Crippen LogP contribution is 2.66. The Morgan fingerprint density at radius 3 is 2.57 bits per heavy atom. The fourth-order valence-corrected chi connectivity index (χ4v) is 7.25. The Labute approximate surface area is 142 Å². The topological polar surface area (TPSA) is 23.5 Å². The molecule has 0 aromatic carbocycles. The maximum absolute atomic E-state index is 10.4. The number of rotatable bonds is 1. The average molecular weight is 318 g/mol. The van der Waals surface area contributed by atoms with Crippen LogP contribution in [0.5, 0.6) is 0 Å². The molecule has 0 aliphatic heterocycles. The maximum atomic E-state index is 10.4. The minimum Gasteiger partial charge on any atom is -0.512 e. The van der Waals surface area contributed by atoms with Crippen LogP contribution in [-0.4, -0.2) is 30.1 Å². The van der Waals surface area contributed by atoms with Gasteiger partial charge in [-0.1, -0.05) is 13.8 Å². The predicted molar refractivity (Wildman–Crippen MR) is 95.3 cm³/mol. The largest absolute Gasteiger partial charge is 0.512 e. The van der Waals surface area contributed by atoms with Crippen LogP contribution in [0.25, 0.3) is 0 Å². The molecule has 4 aliphatic carbocycles. The fraction of sp³-hybridized carbons (Fsp3) is 0.905. The Bertz CT molecular complexity index is 512. The van der Waals surface area contributed by atoms with E-state index in [1.807, 2.05) is 0 Å². The van der Waals surface area contributed by atoms with Crippen molar-refractivity contribution >= 4 is 0 Å². The van der Waals surface area contributed by atoms with Gasteiger partial charge < -0.3 is 10.0 Å². The fourth-order valence-electron chi connectivity index (χ4n) is 7.25. The molecule has 0 amide bonds. The second kappa shape index (κ2) is 5.25. The third kappa shape index (κ3) is 2.16. The summed E-state index contributed by atoms with van der Waals surface area (Å²) < 4.78 is 0. The molecule has 0 saturated heterocycles. The van der Waals surface area contributed by atoms with Gasteiger partial charge in [0.15, 0.2) is 0 Å². The van der Waals surface area contributed by atoms with E-state index < -0.39 is 0 Å². The van der Waals surface area contributed by atoms with Crippen molar-refractivity contribution in [2.75, 3.05) is 14.1 Å². The van der Waals surface area contributed by atoms with Crippen molar-refractivity contribution in [3.63, 3.8) is 0 Å². The molecule has 0 spiro atoms. The quantitative estimate of drug-likeness (QED) is 0.734. The normalized spacial score (nSPS) is 52.6. The van der Waals surface area contributed by atoms with Gasteiger partial charge in [0.1, 0.15) is 0 Å². The van der Waals surface area contributed by atoms with Crippen molar-refractivity contribution in [1.82, 2.24) is 4.90 Å². The first-order valence-corrected chi connectivity index (χ1v) is 9.92. The number of aliphatic hydroxyl groups is 1. The third-order valence-electron chi connectivity index (χ3n) is 8.91. The van der Waals surface area contributed by atoms with Gasteiger partial charge in [0, 0.05) is 11.5 Å². The first-order valence-electron chi connectivity index (χ1n) is 9.92. The SMILES string of the molecule is CN(C)[C@H]1CC[C@@]2(C)[C@@H](CC[C@@H]3[C@@H]2CC[C@]2(C)C(O)=CC[C@@H]32)C1. The molecule has 0 unspecified atom stereocenters. The van der Waals surface area contributed by atoms with Crippen LogP contribution in [0.4, 0.5) is 0 Å². The smallest absolute Gasteiger partial charge is 0.0944 e. The van der Waals surface area contributed by atoms with Gasteiger partial charge in [0.2, 0.25) is 0 Å². The van der Waals surface area contributed by atoms with Crippen molar-refractivity contribution < 1.29 is 5.11 Å². The highest BCUT2D eigenvalue weighted by Gasteiger charge is 2.58. The first-order chi connectivity index (χ1) is 10.9. The molecule has 7 atom stereocenters. The van der Waals surface area contributed by atoms with E-state index in [0.29, 0.717) is 17.1 Å². The van der Waals surface area contributed by atoms with Gasteiger partial charge in [-0.2, -0.15) is 0 Å². The van der Waals surface area contributed by atoms with Crippen molar-refractivity contribution in [2.24, 2.45) is 34.5 Å². The zero-order chi connectivity index (χ0) is 16.4. The molecular weight excluding hydrogens is 282 g/mol. The lowest BCUT2D eigenvalue weighted by atomic mass is 9.45. The molecule has 3 fully saturated rings. The van der Waals surface area contributed by atoms with E-state index in [9.17, 15) is 5.11 Å². The van der Waals surface area contributed by atoms with Gasteiger partial charge in [-0.25, -0.2) is 0 Å². The molecule has 23 heavy (non-hydrogen) atoms. The molecule has 1 N–H and O–H groups in total. The summed E-state index contributed by atoms with van der Waals surface area (Å²) in [5.74, 6) is 4.11. The lowest BCUT2D eigenvalue weighted by Gasteiger charge is -2.61. The number of aliphatic hydroxyl groups excluding tert-OH is 1. The number of hydrogen-bond donors (Lipinski definition) is 1. The van der Waals surface area contributed by atoms with E-state index in [1.165, 1.54) is 44.9 Å². The van der Waals surface area contributed by atoms with E-state index in [2.05, 4.69) is 38.9 Å². The lowest BCUT2D eigenvalue weighted by Crippen LogP contribution is -2.54. The van der Waals surface area contributed by atoms with Crippen LogP contribution in [0.3, 0.4) is 0 Å². The minimum absolute atomic E-state index is 0.102. The van der Waals surface area contributed by atoms with E-state index in [4.69, 9.17) is 0 Å². The van der Waals surface area contributed by atoms with Crippen LogP contribution in [-0.2, 0) is 0 Å². The van der Waals surface area contributed by atoms with Crippen LogP contribution < -0.4 is 0 Å². The first kappa shape index (κ1) is 16.0. The minimum atomic E-state index is 0.102. The van der Waals surface area contributed by atoms with Gasteiger partial charge in [-0.05, 0) is 101 Å². The summed E-state index contributed by atoms with van der Waals surface area (Å²) in [4.78, 5) is 2.46. The number of hydrogen-bond acceptors (Lipinski definition) is 2. The Morgan fingerprint density at radius 1 is 1.04 bits per heavy atom. The molecule has 4 rings (SSSR count). The van der Waals surface area contributed by atoms with Crippen molar-refractivity contribution in [3.05, 3.63) is 11.8 Å². The highest BCUT2D eigenvalue weighted by molar-refractivity contribution is 5.20. The van der Waals surface area contributed by atoms with E-state index in [-0.39, 0.29) is 5.41 Å². The van der Waals surface area contributed by atoms with Crippen molar-refractivity contribution in [3.8, 4) is 0 Å². The van der Waals surface area contributed by atoms with Crippen LogP contribution >= 0.6 is 0 Å². The van der Waals surface area contributed by atoms with Gasteiger partial charge in [-0.3, -0.25) is 0 Å². The van der Waals surface area contributed by atoms with Gasteiger partial charge >= 0.3 is 0 Å². The molecule has 4 aliphatic rings.